The van der Waals surface area contributed by atoms with Crippen LogP contribution in [0.3, 0.4) is 0 Å². The molecule has 0 aliphatic carbocycles. The molecule has 1 aliphatic heterocycles. The third-order valence-electron chi connectivity index (χ3n) is 3.12. The van der Waals surface area contributed by atoms with E-state index >= 15 is 0 Å². The van der Waals surface area contributed by atoms with Crippen molar-refractivity contribution in [1.29, 1.82) is 0 Å². The van der Waals surface area contributed by atoms with Crippen molar-refractivity contribution in [2.24, 2.45) is 5.92 Å². The highest BCUT2D eigenvalue weighted by Crippen LogP contribution is 2.24. The summed E-state index contributed by atoms with van der Waals surface area (Å²) in [5.74, 6) is -0.0258. The molecule has 21 heavy (non-hydrogen) atoms. The molecule has 0 aromatic rings. The van der Waals surface area contributed by atoms with Crippen molar-refractivity contribution in [1.82, 2.24) is 10.4 Å². The molecule has 0 radical (unpaired) electrons. The topological polar surface area (TPSA) is 67.9 Å². The number of hydroxylamine groups is 1. The number of nitrogens with one attached hydrogen (secondary N) is 1. The summed E-state index contributed by atoms with van der Waals surface area (Å²) in [6.45, 7) is 11.7. The minimum atomic E-state index is -0.568. The second-order valence-electron chi connectivity index (χ2n) is 6.39. The third kappa shape index (κ3) is 5.75. The van der Waals surface area contributed by atoms with Crippen LogP contribution in [0.1, 0.15) is 40.5 Å². The summed E-state index contributed by atoms with van der Waals surface area (Å²) in [6.07, 6.45) is 3.02. The first kappa shape index (κ1) is 17.5. The average Bonchev–Trinajstić information content (AvgIpc) is 2.36. The van der Waals surface area contributed by atoms with E-state index in [2.05, 4.69) is 19.0 Å². The number of nitrogens with zero attached hydrogens (tertiary/aromatic N) is 1. The number of hydrogen-bond acceptors (Lipinski definition) is 4. The van der Waals surface area contributed by atoms with Crippen LogP contribution in [0.25, 0.3) is 0 Å². The molecule has 0 spiro atoms. The molecule has 1 fully saturated rings. The lowest BCUT2D eigenvalue weighted by molar-refractivity contribution is -0.162. The van der Waals surface area contributed by atoms with E-state index < -0.39 is 17.7 Å². The van der Waals surface area contributed by atoms with Gasteiger partial charge in [-0.15, -0.1) is 6.58 Å². The maximum atomic E-state index is 12.3. The molecular formula is C15H26N2O4. The monoisotopic (exact) mass is 298 g/mol. The fourth-order valence-electron chi connectivity index (χ4n) is 2.21. The number of likely N-dealkylation sites (tertiary alicyclic amines) is 1. The molecule has 1 rings (SSSR count). The zero-order chi connectivity index (χ0) is 16.0. The zero-order valence-corrected chi connectivity index (χ0v) is 13.3. The van der Waals surface area contributed by atoms with Crippen molar-refractivity contribution in [3.8, 4) is 0 Å². The SMILES string of the molecule is C=CCONC(=O)N1C[C@H](C)CC[C@H]1C(=O)OC(C)(C)C. The van der Waals surface area contributed by atoms with E-state index in [1.165, 1.54) is 11.0 Å². The molecule has 120 valence electrons. The molecule has 6 nitrogen and oxygen atoms in total. The van der Waals surface area contributed by atoms with Crippen LogP contribution in [0.4, 0.5) is 4.79 Å². The number of hydrogen-bond donors (Lipinski definition) is 1. The summed E-state index contributed by atoms with van der Waals surface area (Å²) >= 11 is 0. The number of amides is 2. The number of esters is 1. The van der Waals surface area contributed by atoms with Gasteiger partial charge in [-0.2, -0.15) is 0 Å². The maximum absolute atomic E-state index is 12.3. The van der Waals surface area contributed by atoms with Crippen molar-refractivity contribution < 1.29 is 19.2 Å². The summed E-state index contributed by atoms with van der Waals surface area (Å²) in [5.41, 5.74) is 1.76. The van der Waals surface area contributed by atoms with Gasteiger partial charge >= 0.3 is 12.0 Å². The Hall–Kier alpha value is -1.56. The lowest BCUT2D eigenvalue weighted by atomic mass is 9.94. The normalized spacial score (nSPS) is 22.6. The predicted molar refractivity (Wildman–Crippen MR) is 79.4 cm³/mol. The van der Waals surface area contributed by atoms with Gasteiger partial charge in [0.25, 0.3) is 0 Å². The van der Waals surface area contributed by atoms with E-state index in [0.717, 1.165) is 6.42 Å². The van der Waals surface area contributed by atoms with Crippen LogP contribution < -0.4 is 5.48 Å². The van der Waals surface area contributed by atoms with Gasteiger partial charge in [-0.1, -0.05) is 13.0 Å². The Kier molecular flexibility index (Phi) is 6.20. The molecule has 1 aliphatic rings. The van der Waals surface area contributed by atoms with Gasteiger partial charge in [-0.25, -0.2) is 15.1 Å². The summed E-state index contributed by atoms with van der Waals surface area (Å²) in [7, 11) is 0. The summed E-state index contributed by atoms with van der Waals surface area (Å²) < 4.78 is 5.40. The Labute approximate surface area is 126 Å². The van der Waals surface area contributed by atoms with E-state index in [9.17, 15) is 9.59 Å². The third-order valence-corrected chi connectivity index (χ3v) is 3.12. The van der Waals surface area contributed by atoms with Crippen molar-refractivity contribution in [3.05, 3.63) is 12.7 Å². The van der Waals surface area contributed by atoms with Gasteiger partial charge in [0.15, 0.2) is 0 Å². The average molecular weight is 298 g/mol. The second kappa shape index (κ2) is 7.45. The van der Waals surface area contributed by atoms with Crippen LogP contribution in [0.2, 0.25) is 0 Å². The Morgan fingerprint density at radius 3 is 2.62 bits per heavy atom. The van der Waals surface area contributed by atoms with Gasteiger partial charge in [0.2, 0.25) is 0 Å². The predicted octanol–water partition coefficient (Wildman–Crippen LogP) is 2.26. The molecule has 0 bridgehead atoms. The van der Waals surface area contributed by atoms with Gasteiger partial charge in [-0.05, 0) is 39.5 Å². The van der Waals surface area contributed by atoms with E-state index in [4.69, 9.17) is 9.57 Å². The van der Waals surface area contributed by atoms with Crippen molar-refractivity contribution >= 4 is 12.0 Å². The summed E-state index contributed by atoms with van der Waals surface area (Å²) in [6, 6.07) is -0.980. The molecule has 2 atom stereocenters. The van der Waals surface area contributed by atoms with Crippen LogP contribution in [0.15, 0.2) is 12.7 Å². The molecule has 1 saturated heterocycles. The highest BCUT2D eigenvalue weighted by Gasteiger charge is 2.37. The number of rotatable bonds is 4. The van der Waals surface area contributed by atoms with Gasteiger partial charge in [-0.3, -0.25) is 4.84 Å². The van der Waals surface area contributed by atoms with Crippen molar-refractivity contribution in [2.75, 3.05) is 13.2 Å². The van der Waals surface area contributed by atoms with Crippen molar-refractivity contribution in [3.63, 3.8) is 0 Å². The molecule has 6 heteroatoms. The molecule has 0 saturated carbocycles. The van der Waals surface area contributed by atoms with Crippen LogP contribution in [-0.2, 0) is 14.4 Å². The standard InChI is InChI=1S/C15H26N2O4/c1-6-9-20-16-14(19)17-10-11(2)7-8-12(17)13(18)21-15(3,4)5/h6,11-12H,1,7-10H2,2-5H3,(H,16,19)/t11-,12+/m1/s1. The fraction of sp³-hybridized carbons (Fsp3) is 0.733. The molecule has 2 amide bonds. The number of carbonyl (C=O) groups is 2. The molecule has 1 N–H and O–H groups in total. The first-order valence-electron chi connectivity index (χ1n) is 7.26. The molecule has 0 aromatic carbocycles. The van der Waals surface area contributed by atoms with E-state index in [1.807, 2.05) is 20.8 Å². The zero-order valence-electron chi connectivity index (χ0n) is 13.3. The highest BCUT2D eigenvalue weighted by atomic mass is 16.7. The lowest BCUT2D eigenvalue weighted by Crippen LogP contribution is -2.54. The number of carbonyl (C=O) groups excluding carboxylic acids is 2. The summed E-state index contributed by atoms with van der Waals surface area (Å²) in [4.78, 5) is 30.9. The van der Waals surface area contributed by atoms with Gasteiger partial charge in [0.1, 0.15) is 11.6 Å². The minimum absolute atomic E-state index is 0.215. The molecule has 0 aromatic heterocycles. The Morgan fingerprint density at radius 1 is 1.38 bits per heavy atom. The smallest absolute Gasteiger partial charge is 0.342 e. The highest BCUT2D eigenvalue weighted by molar-refractivity contribution is 5.83. The molecular weight excluding hydrogens is 272 g/mol. The van der Waals surface area contributed by atoms with E-state index in [1.54, 1.807) is 0 Å². The van der Waals surface area contributed by atoms with Crippen molar-refractivity contribution in [2.45, 2.75) is 52.2 Å². The molecule has 1 heterocycles. The van der Waals surface area contributed by atoms with Crippen LogP contribution in [-0.4, -0.2) is 41.7 Å². The summed E-state index contributed by atoms with van der Waals surface area (Å²) in [5, 5.41) is 0. The number of urea groups is 1. The molecule has 0 unspecified atom stereocenters. The Morgan fingerprint density at radius 2 is 2.05 bits per heavy atom. The number of ether oxygens (including phenoxy) is 1. The first-order chi connectivity index (χ1) is 9.74. The van der Waals surface area contributed by atoms with Gasteiger partial charge in [0, 0.05) is 6.54 Å². The van der Waals surface area contributed by atoms with Crippen LogP contribution in [0, 0.1) is 5.92 Å². The second-order valence-corrected chi connectivity index (χ2v) is 6.39. The Balaban J connectivity index is 2.72. The van der Waals surface area contributed by atoms with E-state index in [-0.39, 0.29) is 12.6 Å². The fourth-order valence-corrected chi connectivity index (χ4v) is 2.21. The first-order valence-corrected chi connectivity index (χ1v) is 7.26. The van der Waals surface area contributed by atoms with Crippen LogP contribution >= 0.6 is 0 Å². The quantitative estimate of drug-likeness (QED) is 0.374. The Bertz CT molecular complexity index is 390. The number of piperidine rings is 1. The maximum Gasteiger partial charge on any atom is 0.342 e. The van der Waals surface area contributed by atoms with E-state index in [0.29, 0.717) is 18.9 Å². The lowest BCUT2D eigenvalue weighted by Gasteiger charge is -2.37. The van der Waals surface area contributed by atoms with Gasteiger partial charge < -0.3 is 9.64 Å². The largest absolute Gasteiger partial charge is 0.458 e. The van der Waals surface area contributed by atoms with Crippen LogP contribution in [0.5, 0.6) is 0 Å². The van der Waals surface area contributed by atoms with Gasteiger partial charge in [0.05, 0.1) is 6.61 Å². The minimum Gasteiger partial charge on any atom is -0.458 e.